The number of aromatic nitrogens is 2. The highest BCUT2D eigenvalue weighted by Crippen LogP contribution is 2.38. The maximum absolute atomic E-state index is 13.3. The lowest BCUT2D eigenvalue weighted by atomic mass is 9.91. The minimum atomic E-state index is -0.0432. The third-order valence-corrected chi connectivity index (χ3v) is 5.42. The average Bonchev–Trinajstić information content (AvgIpc) is 3.13. The molecule has 27 heavy (non-hydrogen) atoms. The molecule has 0 spiro atoms. The largest absolute Gasteiger partial charge is 0.352 e. The summed E-state index contributed by atoms with van der Waals surface area (Å²) in [5, 5.41) is 2.15. The molecule has 3 aromatic rings. The molecule has 2 aromatic heterocycles. The van der Waals surface area contributed by atoms with Crippen molar-refractivity contribution in [2.24, 2.45) is 5.92 Å². The van der Waals surface area contributed by atoms with Crippen molar-refractivity contribution in [3.05, 3.63) is 83.3 Å². The van der Waals surface area contributed by atoms with E-state index < -0.39 is 0 Å². The summed E-state index contributed by atoms with van der Waals surface area (Å²) in [6.07, 6.45) is 3.66. The SMILES string of the molecule is C=CCN1C[C@H]2CN(c3ccccc3)N[C@H]2c2c1nc1ccccn1c2=O. The number of hydrogen-bond donors (Lipinski definition) is 1. The van der Waals surface area contributed by atoms with E-state index >= 15 is 0 Å². The fourth-order valence-electron chi connectivity index (χ4n) is 4.21. The van der Waals surface area contributed by atoms with Gasteiger partial charge >= 0.3 is 0 Å². The van der Waals surface area contributed by atoms with Crippen LogP contribution in [-0.2, 0) is 0 Å². The van der Waals surface area contributed by atoms with Crippen LogP contribution < -0.4 is 20.9 Å². The Hall–Kier alpha value is -3.12. The first-order chi connectivity index (χ1) is 13.3. The van der Waals surface area contributed by atoms with Gasteiger partial charge in [-0.15, -0.1) is 6.58 Å². The van der Waals surface area contributed by atoms with Gasteiger partial charge in [0, 0.05) is 31.7 Å². The van der Waals surface area contributed by atoms with Gasteiger partial charge in [0.15, 0.2) is 0 Å². The third kappa shape index (κ3) is 2.52. The first-order valence-corrected chi connectivity index (χ1v) is 9.22. The summed E-state index contributed by atoms with van der Waals surface area (Å²) in [6, 6.07) is 15.8. The van der Waals surface area contributed by atoms with Gasteiger partial charge in [-0.3, -0.25) is 9.20 Å². The second kappa shape index (κ2) is 6.25. The van der Waals surface area contributed by atoms with Crippen molar-refractivity contribution < 1.29 is 0 Å². The van der Waals surface area contributed by atoms with Gasteiger partial charge in [0.2, 0.25) is 0 Å². The normalized spacial score (nSPS) is 21.2. The van der Waals surface area contributed by atoms with Gasteiger partial charge in [-0.1, -0.05) is 30.3 Å². The zero-order chi connectivity index (χ0) is 18.4. The van der Waals surface area contributed by atoms with Crippen molar-refractivity contribution in [1.29, 1.82) is 0 Å². The van der Waals surface area contributed by atoms with Crippen LogP contribution in [0.15, 0.2) is 72.2 Å². The molecule has 0 unspecified atom stereocenters. The number of pyridine rings is 1. The summed E-state index contributed by atoms with van der Waals surface area (Å²) in [4.78, 5) is 20.3. The van der Waals surface area contributed by atoms with Crippen LogP contribution in [0.1, 0.15) is 11.6 Å². The van der Waals surface area contributed by atoms with E-state index in [1.54, 1.807) is 10.6 Å². The number of benzene rings is 1. The minimum absolute atomic E-state index is 0.00164. The predicted octanol–water partition coefficient (Wildman–Crippen LogP) is 2.38. The predicted molar refractivity (Wildman–Crippen MR) is 107 cm³/mol. The van der Waals surface area contributed by atoms with Crippen LogP contribution in [0.3, 0.4) is 0 Å². The summed E-state index contributed by atoms with van der Waals surface area (Å²) in [5.74, 6) is 1.07. The monoisotopic (exact) mass is 359 g/mol. The topological polar surface area (TPSA) is 52.9 Å². The van der Waals surface area contributed by atoms with Gasteiger partial charge in [-0.25, -0.2) is 10.4 Å². The van der Waals surface area contributed by atoms with E-state index in [4.69, 9.17) is 4.98 Å². The maximum Gasteiger partial charge on any atom is 0.264 e. The molecule has 5 rings (SSSR count). The fourth-order valence-corrected chi connectivity index (χ4v) is 4.21. The average molecular weight is 359 g/mol. The Morgan fingerprint density at radius 3 is 2.78 bits per heavy atom. The van der Waals surface area contributed by atoms with Crippen LogP contribution in [0, 0.1) is 5.92 Å². The first-order valence-electron chi connectivity index (χ1n) is 9.22. The molecule has 1 N–H and O–H groups in total. The van der Waals surface area contributed by atoms with Crippen molar-refractivity contribution in [1.82, 2.24) is 14.8 Å². The Balaban J connectivity index is 1.64. The lowest BCUT2D eigenvalue weighted by molar-refractivity contribution is 0.444. The van der Waals surface area contributed by atoms with Crippen molar-refractivity contribution in [2.45, 2.75) is 6.04 Å². The fraction of sp³-hybridized carbons (Fsp3) is 0.238. The molecule has 136 valence electrons. The van der Waals surface area contributed by atoms with Gasteiger partial charge in [0.25, 0.3) is 5.56 Å². The Morgan fingerprint density at radius 1 is 1.15 bits per heavy atom. The van der Waals surface area contributed by atoms with Gasteiger partial charge in [-0.05, 0) is 24.3 Å². The molecule has 1 saturated heterocycles. The molecule has 2 aliphatic rings. The van der Waals surface area contributed by atoms with Crippen LogP contribution >= 0.6 is 0 Å². The number of anilines is 2. The van der Waals surface area contributed by atoms with Crippen molar-refractivity contribution in [3.8, 4) is 0 Å². The van der Waals surface area contributed by atoms with Crippen LogP contribution in [0.25, 0.3) is 5.65 Å². The van der Waals surface area contributed by atoms with E-state index in [2.05, 4.69) is 34.0 Å². The van der Waals surface area contributed by atoms with Gasteiger partial charge in [-0.2, -0.15) is 0 Å². The van der Waals surface area contributed by atoms with Crippen molar-refractivity contribution in [3.63, 3.8) is 0 Å². The molecule has 0 aliphatic carbocycles. The first kappa shape index (κ1) is 16.1. The molecule has 1 aromatic carbocycles. The molecular formula is C21H21N5O. The van der Waals surface area contributed by atoms with E-state index in [1.807, 2.05) is 42.5 Å². The molecule has 0 amide bonds. The molecule has 0 bridgehead atoms. The van der Waals surface area contributed by atoms with Crippen LogP contribution in [0.4, 0.5) is 11.5 Å². The minimum Gasteiger partial charge on any atom is -0.352 e. The molecule has 6 nitrogen and oxygen atoms in total. The molecule has 1 fully saturated rings. The molecular weight excluding hydrogens is 338 g/mol. The van der Waals surface area contributed by atoms with Crippen LogP contribution in [0.5, 0.6) is 0 Å². The Morgan fingerprint density at radius 2 is 1.96 bits per heavy atom. The maximum atomic E-state index is 13.3. The Bertz CT molecular complexity index is 1060. The highest BCUT2D eigenvalue weighted by Gasteiger charge is 2.42. The molecule has 0 radical (unpaired) electrons. The second-order valence-electron chi connectivity index (χ2n) is 7.09. The highest BCUT2D eigenvalue weighted by atomic mass is 16.1. The standard InChI is InChI=1S/C21H21N5O/c1-2-11-24-13-15-14-26(16-8-4-3-5-9-16)23-19(15)18-20(24)22-17-10-6-7-12-25(17)21(18)27/h2-10,12,15,19,23H,1,11,13-14H2/t15-,19+/m0/s1. The zero-order valence-electron chi connectivity index (χ0n) is 15.0. The molecule has 4 heterocycles. The number of nitrogens with zero attached hydrogens (tertiary/aromatic N) is 4. The van der Waals surface area contributed by atoms with Crippen LogP contribution in [0.2, 0.25) is 0 Å². The Labute approximate surface area is 157 Å². The van der Waals surface area contributed by atoms with Gasteiger partial charge < -0.3 is 9.91 Å². The quantitative estimate of drug-likeness (QED) is 0.728. The third-order valence-electron chi connectivity index (χ3n) is 5.42. The summed E-state index contributed by atoms with van der Waals surface area (Å²) in [7, 11) is 0. The van der Waals surface area contributed by atoms with Crippen molar-refractivity contribution >= 4 is 17.2 Å². The molecule has 2 aliphatic heterocycles. The summed E-state index contributed by atoms with van der Waals surface area (Å²) in [5.41, 5.74) is 6.09. The number of rotatable bonds is 3. The summed E-state index contributed by atoms with van der Waals surface area (Å²) < 4.78 is 1.64. The number of hydrogen-bond acceptors (Lipinski definition) is 5. The zero-order valence-corrected chi connectivity index (χ0v) is 15.0. The lowest BCUT2D eigenvalue weighted by Gasteiger charge is -2.35. The van der Waals surface area contributed by atoms with Gasteiger partial charge in [0.05, 0.1) is 17.3 Å². The summed E-state index contributed by atoms with van der Waals surface area (Å²) >= 11 is 0. The van der Waals surface area contributed by atoms with E-state index in [-0.39, 0.29) is 11.6 Å². The number of nitrogens with one attached hydrogen (secondary N) is 1. The number of para-hydroxylation sites is 1. The van der Waals surface area contributed by atoms with E-state index in [0.717, 1.165) is 30.2 Å². The van der Waals surface area contributed by atoms with Crippen molar-refractivity contribution in [2.75, 3.05) is 29.5 Å². The number of hydrazine groups is 1. The lowest BCUT2D eigenvalue weighted by Crippen LogP contribution is -2.44. The summed E-state index contributed by atoms with van der Waals surface area (Å²) in [6.45, 7) is 6.25. The Kier molecular flexibility index (Phi) is 3.72. The van der Waals surface area contributed by atoms with Gasteiger partial charge in [0.1, 0.15) is 11.5 Å². The van der Waals surface area contributed by atoms with E-state index in [9.17, 15) is 4.79 Å². The smallest absolute Gasteiger partial charge is 0.264 e. The molecule has 0 saturated carbocycles. The van der Waals surface area contributed by atoms with E-state index in [0.29, 0.717) is 18.1 Å². The van der Waals surface area contributed by atoms with E-state index in [1.165, 1.54) is 0 Å². The number of fused-ring (bicyclic) bond motifs is 4. The van der Waals surface area contributed by atoms with Crippen LogP contribution in [-0.4, -0.2) is 29.0 Å². The highest BCUT2D eigenvalue weighted by molar-refractivity contribution is 5.59. The second-order valence-corrected chi connectivity index (χ2v) is 7.09. The molecule has 2 atom stereocenters. The molecule has 6 heteroatoms.